The Kier molecular flexibility index (Phi) is 2.26. The number of hydrogen-bond acceptors (Lipinski definition) is 3. The van der Waals surface area contributed by atoms with Crippen LogP contribution in [0.1, 0.15) is 24.2 Å². The van der Waals surface area contributed by atoms with Gasteiger partial charge in [0, 0.05) is 22.9 Å². The molecule has 0 atom stereocenters. The van der Waals surface area contributed by atoms with Crippen LogP contribution in [0.4, 0.5) is 5.69 Å². The molecule has 0 saturated carbocycles. The van der Waals surface area contributed by atoms with Crippen molar-refractivity contribution >= 4 is 11.5 Å². The molecule has 0 aromatic heterocycles. The summed E-state index contributed by atoms with van der Waals surface area (Å²) in [6.45, 7) is 7.73. The lowest BCUT2D eigenvalue weighted by Crippen LogP contribution is -2.40. The van der Waals surface area contributed by atoms with Crippen LogP contribution in [0.2, 0.25) is 0 Å². The van der Waals surface area contributed by atoms with E-state index in [1.54, 1.807) is 19.2 Å². The molecule has 2 rings (SSSR count). The monoisotopic (exact) mass is 217 g/mol. The zero-order valence-corrected chi connectivity index (χ0v) is 9.76. The highest BCUT2D eigenvalue weighted by Crippen LogP contribution is 2.35. The molecule has 3 nitrogen and oxygen atoms in total. The third kappa shape index (κ3) is 1.48. The van der Waals surface area contributed by atoms with Crippen LogP contribution in [0.25, 0.3) is 0 Å². The molecule has 0 saturated heterocycles. The van der Waals surface area contributed by atoms with Crippen molar-refractivity contribution in [3.63, 3.8) is 0 Å². The van der Waals surface area contributed by atoms with E-state index in [2.05, 4.69) is 11.9 Å². The predicted octanol–water partition coefficient (Wildman–Crippen LogP) is 2.64. The summed E-state index contributed by atoms with van der Waals surface area (Å²) in [6.07, 6.45) is 0. The van der Waals surface area contributed by atoms with Gasteiger partial charge in [0.1, 0.15) is 5.75 Å². The first-order chi connectivity index (χ1) is 7.45. The van der Waals surface area contributed by atoms with Crippen molar-refractivity contribution in [3.8, 4) is 5.75 Å². The Morgan fingerprint density at radius 3 is 2.69 bits per heavy atom. The topological polar surface area (TPSA) is 38.3 Å². The number of ketones is 1. The standard InChI is InChI=1S/C13H15NO2/c1-8-12(15)10-6-5-9(16-4)7-11(10)14-13(8,2)3/h5-7,14H,1H2,2-4H3. The van der Waals surface area contributed by atoms with Gasteiger partial charge in [-0.05, 0) is 26.0 Å². The second-order valence-electron chi connectivity index (χ2n) is 4.47. The molecule has 1 aromatic rings. The predicted molar refractivity (Wildman–Crippen MR) is 64.2 cm³/mol. The number of fused-ring (bicyclic) bond motifs is 1. The Labute approximate surface area is 95.1 Å². The van der Waals surface area contributed by atoms with Crippen molar-refractivity contribution in [2.24, 2.45) is 0 Å². The van der Waals surface area contributed by atoms with E-state index in [9.17, 15) is 4.79 Å². The largest absolute Gasteiger partial charge is 0.497 e. The zero-order chi connectivity index (χ0) is 11.9. The van der Waals surface area contributed by atoms with Gasteiger partial charge in [-0.25, -0.2) is 0 Å². The molecule has 1 aliphatic heterocycles. The third-order valence-electron chi connectivity index (χ3n) is 2.95. The molecule has 1 aromatic carbocycles. The van der Waals surface area contributed by atoms with Crippen LogP contribution >= 0.6 is 0 Å². The van der Waals surface area contributed by atoms with E-state index in [-0.39, 0.29) is 5.78 Å². The summed E-state index contributed by atoms with van der Waals surface area (Å²) in [5, 5.41) is 3.29. The molecule has 0 unspecified atom stereocenters. The van der Waals surface area contributed by atoms with Crippen LogP contribution in [0.5, 0.6) is 5.75 Å². The van der Waals surface area contributed by atoms with Crippen LogP contribution in [0.15, 0.2) is 30.4 Å². The number of carbonyl (C=O) groups excluding carboxylic acids is 1. The minimum atomic E-state index is -0.406. The fraction of sp³-hybridized carbons (Fsp3) is 0.308. The third-order valence-corrected chi connectivity index (χ3v) is 2.95. The van der Waals surface area contributed by atoms with Gasteiger partial charge in [0.05, 0.1) is 12.6 Å². The van der Waals surface area contributed by atoms with Gasteiger partial charge in [0.25, 0.3) is 0 Å². The first-order valence-corrected chi connectivity index (χ1v) is 5.16. The second kappa shape index (κ2) is 3.37. The number of rotatable bonds is 1. The van der Waals surface area contributed by atoms with Gasteiger partial charge in [0.15, 0.2) is 5.78 Å². The Hall–Kier alpha value is -1.77. The second-order valence-corrected chi connectivity index (χ2v) is 4.47. The molecular weight excluding hydrogens is 202 g/mol. The van der Waals surface area contributed by atoms with E-state index in [1.807, 2.05) is 19.9 Å². The van der Waals surface area contributed by atoms with Gasteiger partial charge in [-0.2, -0.15) is 0 Å². The molecule has 84 valence electrons. The first-order valence-electron chi connectivity index (χ1n) is 5.16. The van der Waals surface area contributed by atoms with Crippen LogP contribution < -0.4 is 10.1 Å². The van der Waals surface area contributed by atoms with Crippen molar-refractivity contribution in [2.45, 2.75) is 19.4 Å². The Morgan fingerprint density at radius 1 is 1.38 bits per heavy atom. The average molecular weight is 217 g/mol. The lowest BCUT2D eigenvalue weighted by Gasteiger charge is -2.34. The fourth-order valence-corrected chi connectivity index (χ4v) is 1.81. The Bertz CT molecular complexity index is 475. The molecule has 3 heteroatoms. The summed E-state index contributed by atoms with van der Waals surface area (Å²) >= 11 is 0. The Morgan fingerprint density at radius 2 is 2.06 bits per heavy atom. The number of hydrogen-bond donors (Lipinski definition) is 1. The van der Waals surface area contributed by atoms with Gasteiger partial charge in [-0.15, -0.1) is 0 Å². The van der Waals surface area contributed by atoms with Crippen LogP contribution in [-0.4, -0.2) is 18.4 Å². The van der Waals surface area contributed by atoms with Crippen LogP contribution in [0, 0.1) is 0 Å². The summed E-state index contributed by atoms with van der Waals surface area (Å²) < 4.78 is 5.14. The molecule has 0 fully saturated rings. The number of benzene rings is 1. The lowest BCUT2D eigenvalue weighted by atomic mass is 9.84. The molecule has 1 N–H and O–H groups in total. The van der Waals surface area contributed by atoms with Gasteiger partial charge < -0.3 is 10.1 Å². The normalized spacial score (nSPS) is 17.7. The molecule has 1 aliphatic rings. The number of anilines is 1. The lowest BCUT2D eigenvalue weighted by molar-refractivity contribution is 0.102. The number of methoxy groups -OCH3 is 1. The van der Waals surface area contributed by atoms with E-state index < -0.39 is 5.54 Å². The van der Waals surface area contributed by atoms with E-state index in [1.165, 1.54) is 0 Å². The SMILES string of the molecule is C=C1C(=O)c2ccc(OC)cc2NC1(C)C. The van der Waals surface area contributed by atoms with Gasteiger partial charge in [0.2, 0.25) is 0 Å². The van der Waals surface area contributed by atoms with E-state index in [0.717, 1.165) is 11.4 Å². The minimum Gasteiger partial charge on any atom is -0.497 e. The zero-order valence-electron chi connectivity index (χ0n) is 9.76. The molecule has 1 heterocycles. The van der Waals surface area contributed by atoms with Crippen molar-refractivity contribution < 1.29 is 9.53 Å². The highest BCUT2D eigenvalue weighted by Gasteiger charge is 2.34. The van der Waals surface area contributed by atoms with Gasteiger partial charge in [-0.3, -0.25) is 4.79 Å². The van der Waals surface area contributed by atoms with Crippen LogP contribution in [0.3, 0.4) is 0 Å². The number of Topliss-reactive ketones (excluding diaryl/α,β-unsaturated/α-hetero) is 1. The first kappa shape index (κ1) is 10.7. The fourth-order valence-electron chi connectivity index (χ4n) is 1.81. The van der Waals surface area contributed by atoms with Gasteiger partial charge in [-0.1, -0.05) is 6.58 Å². The van der Waals surface area contributed by atoms with Crippen LogP contribution in [-0.2, 0) is 0 Å². The van der Waals surface area contributed by atoms with Crippen molar-refractivity contribution in [1.29, 1.82) is 0 Å². The highest BCUT2D eigenvalue weighted by atomic mass is 16.5. The summed E-state index contributed by atoms with van der Waals surface area (Å²) in [5.41, 5.74) is 1.65. The van der Waals surface area contributed by atoms with E-state index >= 15 is 0 Å². The smallest absolute Gasteiger partial charge is 0.192 e. The van der Waals surface area contributed by atoms with Gasteiger partial charge >= 0.3 is 0 Å². The molecule has 0 aliphatic carbocycles. The summed E-state index contributed by atoms with van der Waals surface area (Å²) in [4.78, 5) is 12.1. The number of nitrogens with one attached hydrogen (secondary N) is 1. The number of ether oxygens (including phenoxy) is 1. The summed E-state index contributed by atoms with van der Waals surface area (Å²) in [5.74, 6) is 0.740. The number of carbonyl (C=O) groups is 1. The van der Waals surface area contributed by atoms with E-state index in [0.29, 0.717) is 11.1 Å². The molecule has 0 radical (unpaired) electrons. The van der Waals surface area contributed by atoms with E-state index in [4.69, 9.17) is 4.74 Å². The maximum absolute atomic E-state index is 12.1. The quantitative estimate of drug-likeness (QED) is 0.735. The average Bonchev–Trinajstić information content (AvgIpc) is 2.25. The summed E-state index contributed by atoms with van der Waals surface area (Å²) in [7, 11) is 1.61. The van der Waals surface area contributed by atoms with Crippen molar-refractivity contribution in [2.75, 3.05) is 12.4 Å². The molecule has 0 spiro atoms. The highest BCUT2D eigenvalue weighted by molar-refractivity contribution is 6.15. The minimum absolute atomic E-state index is 0.00130. The molecule has 16 heavy (non-hydrogen) atoms. The maximum atomic E-state index is 12.1. The Balaban J connectivity index is 2.55. The summed E-state index contributed by atoms with van der Waals surface area (Å²) in [6, 6.07) is 5.38. The van der Waals surface area contributed by atoms with Crippen molar-refractivity contribution in [1.82, 2.24) is 0 Å². The maximum Gasteiger partial charge on any atom is 0.192 e. The van der Waals surface area contributed by atoms with Crippen molar-refractivity contribution in [3.05, 3.63) is 35.9 Å². The molecule has 0 amide bonds. The molecule has 0 bridgehead atoms. The molecular formula is C13H15NO2.